The standard InChI is InChI=1S/C20H26N2O4/c1-5-10-21-15-8-6-7-14(12-15)17-13-22(11-9-16(17)18(23)24)19(25)26-20(2,3)4/h1,6-8,12,16-17,21H,9-11,13H2,2-4H3,(H,23,24)/t16-,17+/m1/s1. The van der Waals surface area contributed by atoms with E-state index in [2.05, 4.69) is 11.2 Å². The number of piperidine rings is 1. The summed E-state index contributed by atoms with van der Waals surface area (Å²) < 4.78 is 5.44. The van der Waals surface area contributed by atoms with Gasteiger partial charge in [0.05, 0.1) is 12.5 Å². The third-order valence-electron chi connectivity index (χ3n) is 4.29. The van der Waals surface area contributed by atoms with E-state index in [1.807, 2.05) is 45.0 Å². The molecule has 1 heterocycles. The molecular formula is C20H26N2O4. The molecule has 2 rings (SSSR count). The molecule has 2 N–H and O–H groups in total. The van der Waals surface area contributed by atoms with Crippen molar-refractivity contribution in [1.29, 1.82) is 0 Å². The van der Waals surface area contributed by atoms with E-state index < -0.39 is 23.6 Å². The van der Waals surface area contributed by atoms with Crippen molar-refractivity contribution >= 4 is 17.7 Å². The Morgan fingerprint density at radius 1 is 1.42 bits per heavy atom. The van der Waals surface area contributed by atoms with Crippen molar-refractivity contribution in [3.63, 3.8) is 0 Å². The summed E-state index contributed by atoms with van der Waals surface area (Å²) in [4.78, 5) is 25.7. The first-order valence-corrected chi connectivity index (χ1v) is 8.69. The molecule has 26 heavy (non-hydrogen) atoms. The molecule has 1 amide bonds. The Morgan fingerprint density at radius 3 is 2.77 bits per heavy atom. The monoisotopic (exact) mass is 358 g/mol. The van der Waals surface area contributed by atoms with Gasteiger partial charge in [-0.25, -0.2) is 4.79 Å². The van der Waals surface area contributed by atoms with Crippen LogP contribution in [0.2, 0.25) is 0 Å². The SMILES string of the molecule is C#CCNc1cccc([C@@H]2CN(C(=O)OC(C)(C)C)CC[C@H]2C(=O)O)c1. The molecular weight excluding hydrogens is 332 g/mol. The van der Waals surface area contributed by atoms with Gasteiger partial charge in [0.2, 0.25) is 0 Å². The zero-order chi connectivity index (χ0) is 19.3. The number of benzene rings is 1. The molecule has 0 saturated carbocycles. The van der Waals surface area contributed by atoms with Crippen LogP contribution in [0, 0.1) is 18.3 Å². The second-order valence-electron chi connectivity index (χ2n) is 7.45. The van der Waals surface area contributed by atoms with Gasteiger partial charge in [-0.3, -0.25) is 4.79 Å². The van der Waals surface area contributed by atoms with Gasteiger partial charge in [-0.05, 0) is 44.9 Å². The number of nitrogens with one attached hydrogen (secondary N) is 1. The number of anilines is 1. The Kier molecular flexibility index (Phi) is 6.14. The number of carbonyl (C=O) groups is 2. The fraction of sp³-hybridized carbons (Fsp3) is 0.500. The molecule has 1 aromatic carbocycles. The maximum Gasteiger partial charge on any atom is 0.410 e. The second kappa shape index (κ2) is 8.13. The van der Waals surface area contributed by atoms with Crippen LogP contribution >= 0.6 is 0 Å². The van der Waals surface area contributed by atoms with Crippen LogP contribution in [0.5, 0.6) is 0 Å². The first-order valence-electron chi connectivity index (χ1n) is 8.69. The highest BCUT2D eigenvalue weighted by atomic mass is 16.6. The predicted octanol–water partition coefficient (Wildman–Crippen LogP) is 3.16. The number of carboxylic acids is 1. The third kappa shape index (κ3) is 5.16. The van der Waals surface area contributed by atoms with Crippen LogP contribution in [0.25, 0.3) is 0 Å². The highest BCUT2D eigenvalue weighted by Crippen LogP contribution is 2.34. The topological polar surface area (TPSA) is 78.9 Å². The van der Waals surface area contributed by atoms with Gasteiger partial charge >= 0.3 is 12.1 Å². The van der Waals surface area contributed by atoms with E-state index in [-0.39, 0.29) is 5.92 Å². The van der Waals surface area contributed by atoms with Crippen LogP contribution < -0.4 is 5.32 Å². The summed E-state index contributed by atoms with van der Waals surface area (Å²) >= 11 is 0. The Labute approximate surface area is 154 Å². The van der Waals surface area contributed by atoms with E-state index in [4.69, 9.17) is 11.2 Å². The second-order valence-corrected chi connectivity index (χ2v) is 7.45. The van der Waals surface area contributed by atoms with Gasteiger partial charge < -0.3 is 20.1 Å². The largest absolute Gasteiger partial charge is 0.481 e. The van der Waals surface area contributed by atoms with Gasteiger partial charge in [0.15, 0.2) is 0 Å². The molecule has 1 aliphatic rings. The van der Waals surface area contributed by atoms with Crippen LogP contribution in [0.1, 0.15) is 38.7 Å². The number of terminal acetylenes is 1. The van der Waals surface area contributed by atoms with Gasteiger partial charge in [-0.1, -0.05) is 18.1 Å². The molecule has 1 aromatic rings. The van der Waals surface area contributed by atoms with Crippen LogP contribution in [0.4, 0.5) is 10.5 Å². The van der Waals surface area contributed by atoms with E-state index >= 15 is 0 Å². The Morgan fingerprint density at radius 2 is 2.15 bits per heavy atom. The molecule has 1 aliphatic heterocycles. The fourth-order valence-corrected chi connectivity index (χ4v) is 3.11. The number of rotatable bonds is 4. The first kappa shape index (κ1) is 19.6. The number of nitrogens with zero attached hydrogens (tertiary/aromatic N) is 1. The summed E-state index contributed by atoms with van der Waals surface area (Å²) in [6, 6.07) is 7.53. The lowest BCUT2D eigenvalue weighted by Crippen LogP contribution is -2.46. The molecule has 1 saturated heterocycles. The average molecular weight is 358 g/mol. The van der Waals surface area contributed by atoms with Crippen LogP contribution in [0.15, 0.2) is 24.3 Å². The Balaban J connectivity index is 2.22. The number of likely N-dealkylation sites (tertiary alicyclic amines) is 1. The van der Waals surface area contributed by atoms with E-state index in [9.17, 15) is 14.7 Å². The van der Waals surface area contributed by atoms with E-state index in [1.165, 1.54) is 0 Å². The Bertz CT molecular complexity index is 702. The van der Waals surface area contributed by atoms with Crippen molar-refractivity contribution in [2.24, 2.45) is 5.92 Å². The van der Waals surface area contributed by atoms with Gasteiger partial charge in [0, 0.05) is 24.7 Å². The molecule has 0 aromatic heterocycles. The fourth-order valence-electron chi connectivity index (χ4n) is 3.11. The molecule has 6 nitrogen and oxygen atoms in total. The minimum Gasteiger partial charge on any atom is -0.481 e. The lowest BCUT2D eigenvalue weighted by atomic mass is 9.80. The smallest absolute Gasteiger partial charge is 0.410 e. The summed E-state index contributed by atoms with van der Waals surface area (Å²) in [5.41, 5.74) is 1.11. The van der Waals surface area contributed by atoms with Gasteiger partial charge in [-0.2, -0.15) is 0 Å². The van der Waals surface area contributed by atoms with Gasteiger partial charge in [-0.15, -0.1) is 6.42 Å². The van der Waals surface area contributed by atoms with E-state index in [0.29, 0.717) is 26.1 Å². The molecule has 0 spiro atoms. The molecule has 140 valence electrons. The summed E-state index contributed by atoms with van der Waals surface area (Å²) in [6.45, 7) is 6.51. The number of ether oxygens (including phenoxy) is 1. The number of carboxylic acid groups (broad SMARTS) is 1. The number of aliphatic carboxylic acids is 1. The third-order valence-corrected chi connectivity index (χ3v) is 4.29. The molecule has 0 bridgehead atoms. The lowest BCUT2D eigenvalue weighted by Gasteiger charge is -2.37. The van der Waals surface area contributed by atoms with Crippen LogP contribution in [-0.4, -0.2) is 47.3 Å². The molecule has 0 unspecified atom stereocenters. The van der Waals surface area contributed by atoms with Crippen molar-refractivity contribution in [2.75, 3.05) is 25.0 Å². The number of hydrogen-bond acceptors (Lipinski definition) is 4. The summed E-state index contributed by atoms with van der Waals surface area (Å²) in [5, 5.41) is 12.7. The summed E-state index contributed by atoms with van der Waals surface area (Å²) in [7, 11) is 0. The molecule has 6 heteroatoms. The zero-order valence-electron chi connectivity index (χ0n) is 15.5. The molecule has 1 fully saturated rings. The Hall–Kier alpha value is -2.68. The quantitative estimate of drug-likeness (QED) is 0.809. The summed E-state index contributed by atoms with van der Waals surface area (Å²) in [6.07, 6.45) is 5.25. The van der Waals surface area contributed by atoms with Crippen molar-refractivity contribution in [1.82, 2.24) is 4.90 Å². The molecule has 0 aliphatic carbocycles. The maximum atomic E-state index is 12.4. The van der Waals surface area contributed by atoms with Crippen molar-refractivity contribution in [3.05, 3.63) is 29.8 Å². The first-order chi connectivity index (χ1) is 12.2. The highest BCUT2D eigenvalue weighted by molar-refractivity contribution is 5.73. The van der Waals surface area contributed by atoms with Crippen LogP contribution in [0.3, 0.4) is 0 Å². The number of amides is 1. The number of carbonyl (C=O) groups excluding carboxylic acids is 1. The van der Waals surface area contributed by atoms with Crippen molar-refractivity contribution < 1.29 is 19.4 Å². The normalized spacial score (nSPS) is 20.2. The molecule has 0 radical (unpaired) electrons. The van der Waals surface area contributed by atoms with Crippen molar-refractivity contribution in [2.45, 2.75) is 38.7 Å². The zero-order valence-corrected chi connectivity index (χ0v) is 15.5. The van der Waals surface area contributed by atoms with Crippen LogP contribution in [-0.2, 0) is 9.53 Å². The molecule has 2 atom stereocenters. The van der Waals surface area contributed by atoms with E-state index in [0.717, 1.165) is 11.3 Å². The van der Waals surface area contributed by atoms with Gasteiger partial charge in [0.1, 0.15) is 5.60 Å². The number of hydrogen-bond donors (Lipinski definition) is 2. The average Bonchev–Trinajstić information content (AvgIpc) is 2.58. The maximum absolute atomic E-state index is 12.4. The lowest BCUT2D eigenvalue weighted by molar-refractivity contribution is -0.144. The minimum atomic E-state index is -0.846. The van der Waals surface area contributed by atoms with Crippen molar-refractivity contribution in [3.8, 4) is 12.3 Å². The minimum absolute atomic E-state index is 0.304. The van der Waals surface area contributed by atoms with Gasteiger partial charge in [0.25, 0.3) is 0 Å². The van der Waals surface area contributed by atoms with E-state index in [1.54, 1.807) is 4.90 Å². The summed E-state index contributed by atoms with van der Waals surface area (Å²) in [5.74, 6) is 0.816. The highest BCUT2D eigenvalue weighted by Gasteiger charge is 2.38. The predicted molar refractivity (Wildman–Crippen MR) is 100 cm³/mol.